The van der Waals surface area contributed by atoms with Gasteiger partial charge in [0.1, 0.15) is 0 Å². The number of ketones is 1. The van der Waals surface area contributed by atoms with Gasteiger partial charge in [-0.15, -0.1) is 0 Å². The molecule has 0 bridgehead atoms. The summed E-state index contributed by atoms with van der Waals surface area (Å²) >= 11 is 1.15. The van der Waals surface area contributed by atoms with Gasteiger partial charge in [0, 0.05) is 35.8 Å². The zero-order valence-corrected chi connectivity index (χ0v) is 16.4. The Morgan fingerprint density at radius 1 is 1.17 bits per heavy atom. The molecule has 1 aliphatic rings. The molecule has 0 atom stereocenters. The number of nitrogens with one attached hydrogen (secondary N) is 1. The molecule has 0 fully saturated rings. The van der Waals surface area contributed by atoms with E-state index in [-0.39, 0.29) is 17.4 Å². The Labute approximate surface area is 174 Å². The summed E-state index contributed by atoms with van der Waals surface area (Å²) in [6.07, 6.45) is -0.437. The number of anilines is 1. The highest BCUT2D eigenvalue weighted by Crippen LogP contribution is 2.31. The zero-order valence-electron chi connectivity index (χ0n) is 15.6. The Hall–Kier alpha value is -3.07. The van der Waals surface area contributed by atoms with Crippen LogP contribution in [0.2, 0.25) is 0 Å². The van der Waals surface area contributed by atoms with Gasteiger partial charge in [-0.25, -0.2) is 4.98 Å². The second-order valence-electron chi connectivity index (χ2n) is 6.76. The molecule has 1 aromatic heterocycles. The second kappa shape index (κ2) is 7.98. The van der Waals surface area contributed by atoms with E-state index in [1.807, 2.05) is 0 Å². The maximum atomic E-state index is 13.0. The monoisotopic (exact) mass is 431 g/mol. The fourth-order valence-corrected chi connectivity index (χ4v) is 4.06. The molecule has 0 aliphatic carbocycles. The summed E-state index contributed by atoms with van der Waals surface area (Å²) in [6, 6.07) is 10.1. The number of fused-ring (bicyclic) bond motifs is 1. The first-order chi connectivity index (χ1) is 14.3. The van der Waals surface area contributed by atoms with Gasteiger partial charge in [0.05, 0.1) is 11.3 Å². The van der Waals surface area contributed by atoms with Gasteiger partial charge in [0.15, 0.2) is 10.9 Å². The molecule has 1 N–H and O–H groups in total. The third-order valence-electron chi connectivity index (χ3n) is 4.71. The second-order valence-corrected chi connectivity index (χ2v) is 7.70. The average molecular weight is 431 g/mol. The molecule has 2 aromatic carbocycles. The minimum Gasteiger partial charge on any atom is -0.326 e. The number of aromatic nitrogens is 2. The van der Waals surface area contributed by atoms with Crippen molar-refractivity contribution in [2.75, 3.05) is 11.1 Å². The van der Waals surface area contributed by atoms with Crippen LogP contribution in [0.4, 0.5) is 18.9 Å². The summed E-state index contributed by atoms with van der Waals surface area (Å²) in [5.41, 5.74) is 1.73. The van der Waals surface area contributed by atoms with E-state index in [2.05, 4.69) is 10.3 Å². The number of hydrogen-bond acceptors (Lipinski definition) is 4. The molecule has 1 aliphatic heterocycles. The third-order valence-corrected chi connectivity index (χ3v) is 5.68. The van der Waals surface area contributed by atoms with Gasteiger partial charge in [-0.3, -0.25) is 14.2 Å². The number of thioether (sulfide) groups is 1. The Kier molecular flexibility index (Phi) is 5.38. The number of rotatable bonds is 5. The maximum absolute atomic E-state index is 13.0. The molecule has 0 unspecified atom stereocenters. The number of carbonyl (C=O) groups excluding carboxylic acids is 2. The van der Waals surface area contributed by atoms with E-state index in [0.29, 0.717) is 29.2 Å². The van der Waals surface area contributed by atoms with Crippen molar-refractivity contribution in [1.29, 1.82) is 0 Å². The fourth-order valence-electron chi connectivity index (χ4n) is 3.20. The SMILES string of the molecule is O=C1CCc2cc(C(=O)CSc3nccn3-c3cccc(C(F)(F)F)c3)ccc2N1. The molecule has 0 spiro atoms. The molecule has 0 saturated carbocycles. The highest BCUT2D eigenvalue weighted by atomic mass is 32.2. The lowest BCUT2D eigenvalue weighted by molar-refractivity contribution is -0.137. The molecule has 154 valence electrons. The lowest BCUT2D eigenvalue weighted by Gasteiger charge is -2.17. The van der Waals surface area contributed by atoms with Crippen LogP contribution in [-0.2, 0) is 17.4 Å². The van der Waals surface area contributed by atoms with E-state index in [1.54, 1.807) is 30.5 Å². The fraction of sp³-hybridized carbons (Fsp3) is 0.190. The number of amides is 1. The molecule has 2 heterocycles. The quantitative estimate of drug-likeness (QED) is 0.468. The summed E-state index contributed by atoms with van der Waals surface area (Å²) in [5.74, 6) is -0.0851. The predicted octanol–water partition coefficient (Wildman–Crippen LogP) is 4.75. The van der Waals surface area contributed by atoms with Crippen LogP contribution in [0.1, 0.15) is 27.9 Å². The number of aryl methyl sites for hydroxylation is 1. The van der Waals surface area contributed by atoms with E-state index in [0.717, 1.165) is 35.1 Å². The van der Waals surface area contributed by atoms with E-state index in [4.69, 9.17) is 0 Å². The van der Waals surface area contributed by atoms with Gasteiger partial charge in [0.25, 0.3) is 0 Å². The standard InChI is InChI=1S/C21H16F3N3O2S/c22-21(23,24)15-2-1-3-16(11-15)27-9-8-25-20(27)30-12-18(28)14-4-6-17-13(10-14)5-7-19(29)26-17/h1-4,6,8-11H,5,7,12H2,(H,26,29). The van der Waals surface area contributed by atoms with Crippen LogP contribution in [0.3, 0.4) is 0 Å². The molecule has 4 rings (SSSR count). The largest absolute Gasteiger partial charge is 0.416 e. The molecule has 0 radical (unpaired) electrons. The van der Waals surface area contributed by atoms with Crippen molar-refractivity contribution in [1.82, 2.24) is 9.55 Å². The number of benzene rings is 2. The van der Waals surface area contributed by atoms with Crippen LogP contribution >= 0.6 is 11.8 Å². The van der Waals surface area contributed by atoms with Crippen molar-refractivity contribution in [2.45, 2.75) is 24.2 Å². The van der Waals surface area contributed by atoms with E-state index in [1.165, 1.54) is 16.8 Å². The van der Waals surface area contributed by atoms with Crippen molar-refractivity contribution >= 4 is 29.1 Å². The Bertz CT molecular complexity index is 1120. The van der Waals surface area contributed by atoms with Crippen molar-refractivity contribution < 1.29 is 22.8 Å². The Balaban J connectivity index is 1.49. The number of nitrogens with zero attached hydrogens (tertiary/aromatic N) is 2. The summed E-state index contributed by atoms with van der Waals surface area (Å²) in [6.45, 7) is 0. The van der Waals surface area contributed by atoms with Crippen molar-refractivity contribution in [2.24, 2.45) is 0 Å². The van der Waals surface area contributed by atoms with E-state index in [9.17, 15) is 22.8 Å². The molecule has 3 aromatic rings. The zero-order chi connectivity index (χ0) is 21.3. The van der Waals surface area contributed by atoms with Crippen LogP contribution in [0, 0.1) is 0 Å². The van der Waals surface area contributed by atoms with Gasteiger partial charge in [-0.2, -0.15) is 13.2 Å². The molecular weight excluding hydrogens is 415 g/mol. The van der Waals surface area contributed by atoms with Gasteiger partial charge in [0.2, 0.25) is 5.91 Å². The maximum Gasteiger partial charge on any atom is 0.416 e. The summed E-state index contributed by atoms with van der Waals surface area (Å²) in [4.78, 5) is 28.3. The van der Waals surface area contributed by atoms with Crippen LogP contribution in [-0.4, -0.2) is 27.0 Å². The third kappa shape index (κ3) is 4.25. The highest BCUT2D eigenvalue weighted by molar-refractivity contribution is 7.99. The van der Waals surface area contributed by atoms with Gasteiger partial charge < -0.3 is 5.32 Å². The van der Waals surface area contributed by atoms with Crippen molar-refractivity contribution in [3.63, 3.8) is 0 Å². The summed E-state index contributed by atoms with van der Waals surface area (Å²) in [5, 5.41) is 3.20. The lowest BCUT2D eigenvalue weighted by Crippen LogP contribution is -2.19. The van der Waals surface area contributed by atoms with Gasteiger partial charge >= 0.3 is 6.18 Å². The Morgan fingerprint density at radius 2 is 2.00 bits per heavy atom. The first kappa shape index (κ1) is 20.2. The number of halogens is 3. The van der Waals surface area contributed by atoms with E-state index >= 15 is 0 Å². The topological polar surface area (TPSA) is 64.0 Å². The number of imidazole rings is 1. The van der Waals surface area contributed by atoms with E-state index < -0.39 is 11.7 Å². The van der Waals surface area contributed by atoms with Crippen LogP contribution in [0.25, 0.3) is 5.69 Å². The molecule has 1 amide bonds. The molecule has 30 heavy (non-hydrogen) atoms. The summed E-state index contributed by atoms with van der Waals surface area (Å²) in [7, 11) is 0. The first-order valence-electron chi connectivity index (χ1n) is 9.11. The number of hydrogen-bond donors (Lipinski definition) is 1. The molecule has 0 saturated heterocycles. The molecule has 5 nitrogen and oxygen atoms in total. The van der Waals surface area contributed by atoms with Crippen LogP contribution in [0.15, 0.2) is 60.0 Å². The van der Waals surface area contributed by atoms with Gasteiger partial charge in [-0.1, -0.05) is 17.8 Å². The van der Waals surface area contributed by atoms with Crippen molar-refractivity contribution in [3.05, 3.63) is 71.5 Å². The number of carbonyl (C=O) groups is 2. The van der Waals surface area contributed by atoms with Crippen molar-refractivity contribution in [3.8, 4) is 5.69 Å². The van der Waals surface area contributed by atoms with Crippen LogP contribution < -0.4 is 5.32 Å². The average Bonchev–Trinajstić information content (AvgIpc) is 3.19. The number of Topliss-reactive ketones (excluding diaryl/α,β-unsaturated/α-hetero) is 1. The Morgan fingerprint density at radius 3 is 2.80 bits per heavy atom. The lowest BCUT2D eigenvalue weighted by atomic mass is 9.99. The molecular formula is C21H16F3N3O2S. The normalized spacial score (nSPS) is 13.6. The smallest absolute Gasteiger partial charge is 0.326 e. The minimum atomic E-state index is -4.44. The number of alkyl halides is 3. The predicted molar refractivity (Wildman–Crippen MR) is 107 cm³/mol. The first-order valence-corrected chi connectivity index (χ1v) is 10.1. The molecule has 9 heteroatoms. The van der Waals surface area contributed by atoms with Crippen LogP contribution in [0.5, 0.6) is 0 Å². The highest BCUT2D eigenvalue weighted by Gasteiger charge is 2.30. The summed E-state index contributed by atoms with van der Waals surface area (Å²) < 4.78 is 40.5. The minimum absolute atomic E-state index is 0.0430. The van der Waals surface area contributed by atoms with Gasteiger partial charge in [-0.05, 0) is 48.4 Å².